The molecule has 1 aromatic carbocycles. The van der Waals surface area contributed by atoms with Crippen LogP contribution in [0, 0.1) is 0 Å². The SMILES string of the molecule is CCOC1CN(C(=O)O)C(CC)C1Nc1nc(CC)c(-c2ccc(Cl)cc2Cl)nc1CC. The number of anilines is 1. The van der Waals surface area contributed by atoms with Crippen molar-refractivity contribution in [3.8, 4) is 11.3 Å². The average molecular weight is 481 g/mol. The molecule has 9 heteroatoms. The van der Waals surface area contributed by atoms with Gasteiger partial charge in [0.25, 0.3) is 0 Å². The maximum absolute atomic E-state index is 11.8. The fourth-order valence-electron chi connectivity index (χ4n) is 4.31. The lowest BCUT2D eigenvalue weighted by Crippen LogP contribution is -2.43. The van der Waals surface area contributed by atoms with Crippen molar-refractivity contribution in [2.45, 2.75) is 65.1 Å². The van der Waals surface area contributed by atoms with Crippen molar-refractivity contribution in [2.24, 2.45) is 0 Å². The van der Waals surface area contributed by atoms with Crippen LogP contribution in [0.2, 0.25) is 10.0 Å². The number of carboxylic acid groups (broad SMARTS) is 1. The largest absolute Gasteiger partial charge is 0.465 e. The van der Waals surface area contributed by atoms with Crippen LogP contribution in [0.15, 0.2) is 18.2 Å². The second-order valence-electron chi connectivity index (χ2n) is 7.72. The normalized spacial score (nSPS) is 20.6. The molecule has 0 spiro atoms. The van der Waals surface area contributed by atoms with Crippen LogP contribution < -0.4 is 5.32 Å². The molecular weight excluding hydrogens is 451 g/mol. The molecule has 1 amide bonds. The van der Waals surface area contributed by atoms with E-state index < -0.39 is 6.09 Å². The van der Waals surface area contributed by atoms with Gasteiger partial charge in [0.15, 0.2) is 0 Å². The molecule has 32 heavy (non-hydrogen) atoms. The number of carbonyl (C=O) groups is 1. The quantitative estimate of drug-likeness (QED) is 0.515. The zero-order valence-corrected chi connectivity index (χ0v) is 20.4. The molecule has 3 unspecified atom stereocenters. The summed E-state index contributed by atoms with van der Waals surface area (Å²) < 4.78 is 5.90. The Kier molecular flexibility index (Phi) is 8.20. The van der Waals surface area contributed by atoms with Crippen LogP contribution in [0.3, 0.4) is 0 Å². The number of nitrogens with one attached hydrogen (secondary N) is 1. The van der Waals surface area contributed by atoms with E-state index in [1.54, 1.807) is 12.1 Å². The Balaban J connectivity index is 2.02. The number of benzene rings is 1. The maximum atomic E-state index is 11.8. The molecule has 2 heterocycles. The van der Waals surface area contributed by atoms with Crippen molar-refractivity contribution < 1.29 is 14.6 Å². The van der Waals surface area contributed by atoms with Gasteiger partial charge in [-0.05, 0) is 44.4 Å². The number of rotatable bonds is 8. The van der Waals surface area contributed by atoms with Crippen LogP contribution in [-0.2, 0) is 17.6 Å². The summed E-state index contributed by atoms with van der Waals surface area (Å²) in [6.45, 7) is 8.77. The molecule has 0 saturated carbocycles. The molecule has 1 aromatic heterocycles. The molecule has 2 aromatic rings. The number of likely N-dealkylation sites (tertiary alicyclic amines) is 1. The molecule has 1 saturated heterocycles. The second kappa shape index (κ2) is 10.7. The minimum Gasteiger partial charge on any atom is -0.465 e. The molecule has 174 valence electrons. The Morgan fingerprint density at radius 3 is 2.47 bits per heavy atom. The molecule has 3 atom stereocenters. The van der Waals surface area contributed by atoms with Gasteiger partial charge in [0.05, 0.1) is 46.8 Å². The zero-order chi connectivity index (χ0) is 23.4. The Morgan fingerprint density at radius 1 is 1.19 bits per heavy atom. The molecular formula is C23H30Cl2N4O3. The van der Waals surface area contributed by atoms with E-state index in [2.05, 4.69) is 5.32 Å². The standard InChI is InChI=1S/C23H30Cl2N4O3/c1-5-16-20(14-10-9-13(24)11-15(14)25)26-17(6-2)22(27-16)28-21-18(7-3)29(23(30)31)12-19(21)32-8-4/h9-11,18-19,21H,5-8,12H2,1-4H3,(H,27,28)(H,30,31). The highest BCUT2D eigenvalue weighted by atomic mass is 35.5. The molecule has 0 aliphatic carbocycles. The monoisotopic (exact) mass is 480 g/mol. The van der Waals surface area contributed by atoms with E-state index >= 15 is 0 Å². The van der Waals surface area contributed by atoms with Crippen LogP contribution in [0.1, 0.15) is 45.5 Å². The van der Waals surface area contributed by atoms with Gasteiger partial charge in [-0.15, -0.1) is 0 Å². The zero-order valence-electron chi connectivity index (χ0n) is 18.9. The number of aryl methyl sites for hydroxylation is 2. The molecule has 2 N–H and O–H groups in total. The van der Waals surface area contributed by atoms with Crippen LogP contribution in [-0.4, -0.2) is 57.4 Å². The van der Waals surface area contributed by atoms with E-state index in [1.807, 2.05) is 33.8 Å². The first kappa shape index (κ1) is 24.6. The number of aromatic nitrogens is 2. The van der Waals surface area contributed by atoms with Gasteiger partial charge in [0.2, 0.25) is 0 Å². The van der Waals surface area contributed by atoms with E-state index in [9.17, 15) is 9.90 Å². The van der Waals surface area contributed by atoms with Gasteiger partial charge in [0, 0.05) is 17.2 Å². The number of hydrogen-bond donors (Lipinski definition) is 2. The Bertz CT molecular complexity index is 972. The van der Waals surface area contributed by atoms with E-state index in [0.717, 1.165) is 22.6 Å². The van der Waals surface area contributed by atoms with Crippen molar-refractivity contribution in [2.75, 3.05) is 18.5 Å². The fraction of sp³-hybridized carbons (Fsp3) is 0.522. The summed E-state index contributed by atoms with van der Waals surface area (Å²) in [6.07, 6.45) is 0.792. The summed E-state index contributed by atoms with van der Waals surface area (Å²) in [5, 5.41) is 14.3. The van der Waals surface area contributed by atoms with Crippen molar-refractivity contribution in [3.63, 3.8) is 0 Å². The first-order chi connectivity index (χ1) is 15.3. The van der Waals surface area contributed by atoms with E-state index in [4.69, 9.17) is 37.9 Å². The minimum atomic E-state index is -0.936. The maximum Gasteiger partial charge on any atom is 0.407 e. The van der Waals surface area contributed by atoms with Crippen molar-refractivity contribution in [1.29, 1.82) is 0 Å². The first-order valence-corrected chi connectivity index (χ1v) is 11.8. The highest BCUT2D eigenvalue weighted by molar-refractivity contribution is 6.36. The highest BCUT2D eigenvalue weighted by Crippen LogP contribution is 2.33. The van der Waals surface area contributed by atoms with Gasteiger partial charge in [-0.2, -0.15) is 0 Å². The lowest BCUT2D eigenvalue weighted by Gasteiger charge is -2.28. The summed E-state index contributed by atoms with van der Waals surface area (Å²) in [5.74, 6) is 0.665. The molecule has 0 bridgehead atoms. The Labute approximate surface area is 199 Å². The average Bonchev–Trinajstić information content (AvgIpc) is 3.11. The number of ether oxygens (including phenoxy) is 1. The van der Waals surface area contributed by atoms with Crippen LogP contribution in [0.25, 0.3) is 11.3 Å². The van der Waals surface area contributed by atoms with Crippen LogP contribution in [0.5, 0.6) is 0 Å². The van der Waals surface area contributed by atoms with Gasteiger partial charge < -0.3 is 20.1 Å². The number of amides is 1. The van der Waals surface area contributed by atoms with E-state index in [-0.39, 0.29) is 18.2 Å². The molecule has 0 radical (unpaired) electrons. The van der Waals surface area contributed by atoms with Crippen LogP contribution in [0.4, 0.5) is 10.6 Å². The van der Waals surface area contributed by atoms with Crippen LogP contribution >= 0.6 is 23.2 Å². The van der Waals surface area contributed by atoms with E-state index in [0.29, 0.717) is 48.3 Å². The summed E-state index contributed by atoms with van der Waals surface area (Å²) >= 11 is 12.5. The molecule has 1 aliphatic heterocycles. The summed E-state index contributed by atoms with van der Waals surface area (Å²) in [5.41, 5.74) is 3.13. The van der Waals surface area contributed by atoms with Gasteiger partial charge in [-0.1, -0.05) is 44.0 Å². The molecule has 1 aliphatic rings. The van der Waals surface area contributed by atoms with Crippen molar-refractivity contribution in [1.82, 2.24) is 14.9 Å². The molecule has 3 rings (SSSR count). The van der Waals surface area contributed by atoms with Gasteiger partial charge >= 0.3 is 6.09 Å². The highest BCUT2D eigenvalue weighted by Gasteiger charge is 2.44. The first-order valence-electron chi connectivity index (χ1n) is 11.1. The Hall–Kier alpha value is -2.09. The van der Waals surface area contributed by atoms with Gasteiger partial charge in [-0.25, -0.2) is 14.8 Å². The lowest BCUT2D eigenvalue weighted by molar-refractivity contribution is 0.0627. The predicted octanol–water partition coefficient (Wildman–Crippen LogP) is 5.53. The smallest absolute Gasteiger partial charge is 0.407 e. The molecule has 1 fully saturated rings. The van der Waals surface area contributed by atoms with Gasteiger partial charge in [0.1, 0.15) is 5.82 Å². The molecule has 7 nitrogen and oxygen atoms in total. The lowest BCUT2D eigenvalue weighted by atomic mass is 10.0. The third-order valence-corrected chi connectivity index (χ3v) is 6.38. The Morgan fingerprint density at radius 2 is 1.91 bits per heavy atom. The van der Waals surface area contributed by atoms with E-state index in [1.165, 1.54) is 4.90 Å². The summed E-state index contributed by atoms with van der Waals surface area (Å²) in [6, 6.07) is 4.92. The van der Waals surface area contributed by atoms with Crippen molar-refractivity contribution >= 4 is 35.1 Å². The third kappa shape index (κ3) is 4.95. The third-order valence-electron chi connectivity index (χ3n) is 5.84. The number of hydrogen-bond acceptors (Lipinski definition) is 5. The summed E-state index contributed by atoms with van der Waals surface area (Å²) in [7, 11) is 0. The minimum absolute atomic E-state index is 0.217. The number of nitrogens with zero attached hydrogens (tertiary/aromatic N) is 3. The number of halogens is 2. The summed E-state index contributed by atoms with van der Waals surface area (Å²) in [4.78, 5) is 23.1. The van der Waals surface area contributed by atoms with Crippen molar-refractivity contribution in [3.05, 3.63) is 39.6 Å². The topological polar surface area (TPSA) is 87.6 Å². The van der Waals surface area contributed by atoms with Gasteiger partial charge in [-0.3, -0.25) is 0 Å². The second-order valence-corrected chi connectivity index (χ2v) is 8.56. The fourth-order valence-corrected chi connectivity index (χ4v) is 4.80. The predicted molar refractivity (Wildman–Crippen MR) is 128 cm³/mol.